The van der Waals surface area contributed by atoms with Crippen LogP contribution in [0.4, 0.5) is 78.4 Å². The molecule has 3 aliphatic heterocycles. The van der Waals surface area contributed by atoms with Crippen molar-refractivity contribution in [3.8, 4) is 51.0 Å². The van der Waals surface area contributed by atoms with E-state index < -0.39 is 65.1 Å². The topological polar surface area (TPSA) is 290 Å². The molecular formula is C76H76F10N12O12. The van der Waals surface area contributed by atoms with Crippen LogP contribution >= 0.6 is 0 Å². The lowest BCUT2D eigenvalue weighted by molar-refractivity contribution is -0.142. The van der Waals surface area contributed by atoms with Gasteiger partial charge in [0.1, 0.15) is 54.0 Å². The smallest absolute Gasteiger partial charge is 0.433 e. The van der Waals surface area contributed by atoms with Crippen LogP contribution in [0.15, 0.2) is 140 Å². The molecule has 3 aromatic carbocycles. The SMILES string of the molecule is Cc1cc(F)c(NC(=O)c2ccnc(C(F)(F)F)c2)cc1-c1cc(OCCO)nc(N2CCOCC2)c1.Cc1ccc(NC(=O)c2ccnc(C(F)(F)F)c2)cc1-c1cc(O[C@@H](C)CO)nc(N2CCOCC2)c1.Cc1ncc(NC(=O)c2cccc(C(F)(F)F)c2)cc1-c1cc(OCCO)nc(N2CCOCC2)c1. The number of ether oxygens (including phenoxy) is 6. The van der Waals surface area contributed by atoms with Crippen LogP contribution in [0.2, 0.25) is 0 Å². The second-order valence-electron chi connectivity index (χ2n) is 25.0. The quantitative estimate of drug-likeness (QED) is 0.0364. The maximum absolute atomic E-state index is 14.8. The molecule has 0 aliphatic carbocycles. The number of halogens is 10. The number of nitrogens with zero attached hydrogens (tertiary/aromatic N) is 9. The molecule has 6 aromatic heterocycles. The Morgan fingerprint density at radius 2 is 0.936 bits per heavy atom. The molecular weight excluding hydrogens is 1460 g/mol. The number of nitrogens with one attached hydrogen (secondary N) is 3. The third kappa shape index (κ3) is 22.0. The number of hydrogen-bond acceptors (Lipinski definition) is 21. The number of morpholine rings is 3. The highest BCUT2D eigenvalue weighted by molar-refractivity contribution is 6.06. The summed E-state index contributed by atoms with van der Waals surface area (Å²) >= 11 is 0. The first-order valence-electron chi connectivity index (χ1n) is 34.4. The average molecular weight is 1540 g/mol. The Morgan fingerprint density at radius 1 is 0.491 bits per heavy atom. The summed E-state index contributed by atoms with van der Waals surface area (Å²) in [6.45, 7) is 13.8. The van der Waals surface area contributed by atoms with E-state index in [1.807, 2.05) is 30.0 Å². The number of aliphatic hydroxyl groups excluding tert-OH is 3. The summed E-state index contributed by atoms with van der Waals surface area (Å²) in [5.41, 5.74) is 2.89. The highest BCUT2D eigenvalue weighted by Crippen LogP contribution is 2.38. The summed E-state index contributed by atoms with van der Waals surface area (Å²) in [4.78, 5) is 68.7. The van der Waals surface area contributed by atoms with E-state index in [1.165, 1.54) is 36.5 Å². The van der Waals surface area contributed by atoms with Gasteiger partial charge in [0, 0.05) is 103 Å². The molecule has 110 heavy (non-hydrogen) atoms. The van der Waals surface area contributed by atoms with Crippen molar-refractivity contribution in [2.45, 2.75) is 52.3 Å². The van der Waals surface area contributed by atoms with E-state index in [0.29, 0.717) is 160 Å². The van der Waals surface area contributed by atoms with Crippen LogP contribution in [0.25, 0.3) is 33.4 Å². The van der Waals surface area contributed by atoms with E-state index in [1.54, 1.807) is 63.2 Å². The first kappa shape index (κ1) is 81.3. The lowest BCUT2D eigenvalue weighted by Gasteiger charge is -2.28. The van der Waals surface area contributed by atoms with Gasteiger partial charge in [-0.1, -0.05) is 12.1 Å². The zero-order valence-corrected chi connectivity index (χ0v) is 59.7. The number of pyridine rings is 6. The third-order valence-corrected chi connectivity index (χ3v) is 17.0. The summed E-state index contributed by atoms with van der Waals surface area (Å²) in [5.74, 6) is -0.185. The van der Waals surface area contributed by atoms with Crippen molar-refractivity contribution < 1.29 is 102 Å². The van der Waals surface area contributed by atoms with Crippen LogP contribution in [0.5, 0.6) is 17.6 Å². The summed E-state index contributed by atoms with van der Waals surface area (Å²) in [6.07, 6.45) is -11.1. The fraction of sp³-hybridized carbons (Fsp3) is 0.329. The van der Waals surface area contributed by atoms with Crippen molar-refractivity contribution in [1.29, 1.82) is 0 Å². The molecule has 9 aromatic rings. The molecule has 0 bridgehead atoms. The van der Waals surface area contributed by atoms with Crippen LogP contribution in [0.3, 0.4) is 0 Å². The van der Waals surface area contributed by atoms with Crippen molar-refractivity contribution in [2.24, 2.45) is 0 Å². The van der Waals surface area contributed by atoms with Gasteiger partial charge in [-0.2, -0.15) is 54.5 Å². The van der Waals surface area contributed by atoms with Crippen molar-refractivity contribution in [2.75, 3.05) is 143 Å². The van der Waals surface area contributed by atoms with Gasteiger partial charge in [0.15, 0.2) is 0 Å². The molecule has 24 nitrogen and oxygen atoms in total. The van der Waals surface area contributed by atoms with Gasteiger partial charge in [0.25, 0.3) is 17.7 Å². The Hall–Kier alpha value is -11.2. The molecule has 0 unspecified atom stereocenters. The van der Waals surface area contributed by atoms with E-state index in [-0.39, 0.29) is 61.3 Å². The monoisotopic (exact) mass is 1540 g/mol. The second kappa shape index (κ2) is 36.8. The van der Waals surface area contributed by atoms with E-state index in [0.717, 1.165) is 52.8 Å². The highest BCUT2D eigenvalue weighted by atomic mass is 19.4. The standard InChI is InChI=1S/C26H27F3N4O4.C25H24F4N4O4.C25H25F3N4O4/c1-16-3-4-20(31-25(35)18-5-6-30-22(11-18)26(27,28)29)14-21(16)19-12-23(33-7-9-36-10-8-33)32-24(13-19)37-17(2)15-34;1-15-10-19(26)20(31-24(35)16-2-3-30-21(11-16)25(27,28)29)14-18(15)17-12-22(33-4-7-36-8-5-33)32-23(13-17)37-9-6-34;1-16-21(18-12-22(32-5-8-35-9-6-32)31-23(13-18)36-10-7-33)14-20(15-29-16)30-24(34)17-3-2-4-19(11-17)25(26,27)28/h3-6,11-14,17,34H,7-10,15H2,1-2H3,(H,31,35);2-3,10-14,34H,4-9H2,1H3,(H,31,35);2-4,11-15,33H,5-10H2,1H3,(H,30,34)/t17-;;/m0../s1. The van der Waals surface area contributed by atoms with Gasteiger partial charge in [-0.15, -0.1) is 0 Å². The minimum Gasteiger partial charge on any atom is -0.475 e. The van der Waals surface area contributed by atoms with Crippen molar-refractivity contribution >= 4 is 52.2 Å². The molecule has 582 valence electrons. The fourth-order valence-electron chi connectivity index (χ4n) is 11.4. The van der Waals surface area contributed by atoms with E-state index in [9.17, 15) is 63.4 Å². The van der Waals surface area contributed by atoms with Crippen LogP contribution in [0, 0.1) is 26.6 Å². The van der Waals surface area contributed by atoms with E-state index in [4.69, 9.17) is 38.6 Å². The molecule has 12 rings (SSSR count). The summed E-state index contributed by atoms with van der Waals surface area (Å²) in [6, 6.07) is 28.1. The Morgan fingerprint density at radius 3 is 1.42 bits per heavy atom. The molecule has 0 saturated carbocycles. The fourth-order valence-corrected chi connectivity index (χ4v) is 11.4. The molecule has 0 spiro atoms. The van der Waals surface area contributed by atoms with Crippen molar-refractivity contribution in [3.05, 3.63) is 196 Å². The number of rotatable bonds is 21. The minimum atomic E-state index is -4.73. The predicted octanol–water partition coefficient (Wildman–Crippen LogP) is 12.3. The molecule has 3 amide bonds. The van der Waals surface area contributed by atoms with Crippen molar-refractivity contribution in [1.82, 2.24) is 29.9 Å². The van der Waals surface area contributed by atoms with Crippen LogP contribution in [-0.2, 0) is 32.7 Å². The first-order chi connectivity index (χ1) is 52.5. The number of anilines is 6. The molecule has 3 aliphatic rings. The zero-order chi connectivity index (χ0) is 78.9. The number of hydrogen-bond donors (Lipinski definition) is 6. The molecule has 3 fully saturated rings. The van der Waals surface area contributed by atoms with E-state index in [2.05, 4.69) is 55.7 Å². The lowest BCUT2D eigenvalue weighted by atomic mass is 9.99. The average Bonchev–Trinajstić information content (AvgIpc) is 0.779. The highest BCUT2D eigenvalue weighted by Gasteiger charge is 2.35. The van der Waals surface area contributed by atoms with Crippen molar-refractivity contribution in [3.63, 3.8) is 0 Å². The minimum absolute atomic E-state index is 0.0224. The number of alkyl halides is 9. The summed E-state index contributed by atoms with van der Waals surface area (Å²) in [5, 5.41) is 35.4. The predicted molar refractivity (Wildman–Crippen MR) is 386 cm³/mol. The van der Waals surface area contributed by atoms with Gasteiger partial charge in [-0.05, 0) is 158 Å². The van der Waals surface area contributed by atoms with Gasteiger partial charge in [0.05, 0.1) is 82.6 Å². The zero-order valence-electron chi connectivity index (χ0n) is 59.7. The van der Waals surface area contributed by atoms with Gasteiger partial charge < -0.3 is 74.4 Å². The lowest BCUT2D eigenvalue weighted by Crippen LogP contribution is -2.36. The van der Waals surface area contributed by atoms with Gasteiger partial charge in [-0.25, -0.2) is 4.39 Å². The van der Waals surface area contributed by atoms with Gasteiger partial charge in [-0.3, -0.25) is 29.3 Å². The summed E-state index contributed by atoms with van der Waals surface area (Å²) < 4.78 is 165. The molecule has 34 heteroatoms. The van der Waals surface area contributed by atoms with Crippen LogP contribution in [0.1, 0.15) is 71.8 Å². The molecule has 0 radical (unpaired) electrons. The van der Waals surface area contributed by atoms with Crippen LogP contribution in [-0.4, -0.2) is 181 Å². The largest absolute Gasteiger partial charge is 0.475 e. The van der Waals surface area contributed by atoms with Gasteiger partial charge >= 0.3 is 18.5 Å². The summed E-state index contributed by atoms with van der Waals surface area (Å²) in [7, 11) is 0. The molecule has 3 saturated heterocycles. The Balaban J connectivity index is 0.000000176. The first-order valence-corrected chi connectivity index (χ1v) is 34.4. The number of aromatic nitrogens is 6. The number of carbonyl (C=O) groups is 3. The third-order valence-electron chi connectivity index (χ3n) is 17.0. The number of benzene rings is 3. The van der Waals surface area contributed by atoms with Crippen LogP contribution < -0.4 is 44.9 Å². The maximum Gasteiger partial charge on any atom is 0.433 e. The number of amides is 3. The molecule has 1 atom stereocenters. The number of aryl methyl sites for hydroxylation is 3. The normalized spacial score (nSPS) is 14.2. The van der Waals surface area contributed by atoms with Gasteiger partial charge in [0.2, 0.25) is 17.6 Å². The Kier molecular flexibility index (Phi) is 27.2. The maximum atomic E-state index is 14.8. The molecule has 6 N–H and O–H groups in total. The Bertz CT molecular complexity index is 4690. The Labute approximate surface area is 624 Å². The second-order valence-corrected chi connectivity index (χ2v) is 25.0. The molecule has 9 heterocycles. The number of carbonyl (C=O) groups excluding carboxylic acids is 3. The van der Waals surface area contributed by atoms with E-state index >= 15 is 0 Å². The number of aliphatic hydroxyl groups is 3.